The van der Waals surface area contributed by atoms with Crippen molar-refractivity contribution in [1.29, 1.82) is 0 Å². The van der Waals surface area contributed by atoms with Crippen LogP contribution < -0.4 is 5.56 Å². The number of para-hydroxylation sites is 1. The first-order valence-corrected chi connectivity index (χ1v) is 11.7. The minimum atomic E-state index is -0.789. The maximum absolute atomic E-state index is 14.2. The zero-order valence-corrected chi connectivity index (χ0v) is 19.5. The number of benzene rings is 2. The van der Waals surface area contributed by atoms with E-state index in [9.17, 15) is 18.7 Å². The third kappa shape index (κ3) is 4.42. The first kappa shape index (κ1) is 22.8. The maximum Gasteiger partial charge on any atom is 0.270 e. The van der Waals surface area contributed by atoms with Crippen LogP contribution in [0.4, 0.5) is 8.78 Å². The second kappa shape index (κ2) is 9.34. The molecule has 5 aromatic rings. The molecular formula is C26H20F2N4O2S. The minimum Gasteiger partial charge on any atom is -0.504 e. The number of aromatic hydroxyl groups is 1. The fourth-order valence-electron chi connectivity index (χ4n) is 4.25. The van der Waals surface area contributed by atoms with Gasteiger partial charge in [0.25, 0.3) is 5.56 Å². The Labute approximate surface area is 203 Å². The van der Waals surface area contributed by atoms with Crippen LogP contribution in [0.1, 0.15) is 22.5 Å². The highest BCUT2D eigenvalue weighted by atomic mass is 32.1. The van der Waals surface area contributed by atoms with Gasteiger partial charge in [0, 0.05) is 28.3 Å². The van der Waals surface area contributed by atoms with Crippen molar-refractivity contribution in [3.63, 3.8) is 0 Å². The van der Waals surface area contributed by atoms with Crippen LogP contribution in [0.15, 0.2) is 65.7 Å². The van der Waals surface area contributed by atoms with Crippen molar-refractivity contribution in [1.82, 2.24) is 19.1 Å². The molecule has 0 fully saturated rings. The van der Waals surface area contributed by atoms with Gasteiger partial charge < -0.3 is 5.11 Å². The lowest BCUT2D eigenvalue weighted by Crippen LogP contribution is -2.29. The van der Waals surface area contributed by atoms with Gasteiger partial charge in [0.1, 0.15) is 5.82 Å². The molecule has 0 amide bonds. The van der Waals surface area contributed by atoms with Gasteiger partial charge in [-0.3, -0.25) is 9.78 Å². The first-order valence-electron chi connectivity index (χ1n) is 10.9. The number of phenols is 1. The van der Waals surface area contributed by atoms with Gasteiger partial charge in [-0.15, -0.1) is 0 Å². The van der Waals surface area contributed by atoms with E-state index in [0.717, 1.165) is 21.7 Å². The highest BCUT2D eigenvalue weighted by Gasteiger charge is 2.21. The van der Waals surface area contributed by atoms with Crippen LogP contribution in [-0.2, 0) is 19.4 Å². The van der Waals surface area contributed by atoms with E-state index in [0.29, 0.717) is 28.9 Å². The van der Waals surface area contributed by atoms with Gasteiger partial charge in [-0.1, -0.05) is 24.3 Å². The van der Waals surface area contributed by atoms with E-state index >= 15 is 0 Å². The highest BCUT2D eigenvalue weighted by Crippen LogP contribution is 2.34. The van der Waals surface area contributed by atoms with Gasteiger partial charge in [-0.05, 0) is 61.1 Å². The van der Waals surface area contributed by atoms with Gasteiger partial charge >= 0.3 is 0 Å². The van der Waals surface area contributed by atoms with Crippen LogP contribution in [0.2, 0.25) is 0 Å². The number of aryl methyl sites for hydroxylation is 2. The average molecular weight is 491 g/mol. The summed E-state index contributed by atoms with van der Waals surface area (Å²) in [5.41, 5.74) is 2.37. The number of halogens is 2. The Morgan fingerprint density at radius 1 is 1.09 bits per heavy atom. The first-order chi connectivity index (χ1) is 16.9. The number of rotatable bonds is 6. The van der Waals surface area contributed by atoms with Crippen LogP contribution >= 0.6 is 11.5 Å². The Balaban J connectivity index is 1.64. The van der Waals surface area contributed by atoms with Gasteiger partial charge in [-0.25, -0.2) is 13.5 Å². The molecular weight excluding hydrogens is 470 g/mol. The molecule has 3 heterocycles. The molecule has 1 N–H and O–H groups in total. The molecule has 0 aliphatic rings. The van der Waals surface area contributed by atoms with E-state index in [-0.39, 0.29) is 29.9 Å². The lowest BCUT2D eigenvalue weighted by molar-refractivity contribution is 0.434. The highest BCUT2D eigenvalue weighted by molar-refractivity contribution is 7.13. The number of fused-ring (bicyclic) bond motifs is 1. The van der Waals surface area contributed by atoms with Crippen LogP contribution in [0, 0.1) is 18.6 Å². The number of pyridine rings is 1. The molecule has 35 heavy (non-hydrogen) atoms. The van der Waals surface area contributed by atoms with E-state index < -0.39 is 11.6 Å². The SMILES string of the molecule is Cc1nn(Cc2nccc3sncc23)c(=O)c(CCc2cccc(F)c2)c1-c1cccc(F)c1O. The quantitative estimate of drug-likeness (QED) is 0.361. The van der Waals surface area contributed by atoms with Crippen molar-refractivity contribution >= 4 is 21.6 Å². The van der Waals surface area contributed by atoms with E-state index in [1.165, 1.54) is 34.4 Å². The standard InChI is InChI=1S/C26H20F2N4O2S/c1-15-24(18-6-3-7-21(28)25(18)33)19(9-8-16-4-2-5-17(27)12-16)26(34)32(31-15)14-22-20-13-30-35-23(20)10-11-29-22/h2-7,10-13,33H,8-9,14H2,1H3. The molecule has 0 atom stereocenters. The number of hydrogen-bond acceptors (Lipinski definition) is 6. The molecule has 0 spiro atoms. The maximum atomic E-state index is 14.2. The van der Waals surface area contributed by atoms with Gasteiger partial charge in [-0.2, -0.15) is 9.47 Å². The zero-order chi connectivity index (χ0) is 24.5. The second-order valence-electron chi connectivity index (χ2n) is 8.16. The monoisotopic (exact) mass is 490 g/mol. The fourth-order valence-corrected chi connectivity index (χ4v) is 4.91. The van der Waals surface area contributed by atoms with Gasteiger partial charge in [0.05, 0.1) is 28.8 Å². The molecule has 2 aromatic carbocycles. The lowest BCUT2D eigenvalue weighted by atomic mass is 9.94. The third-order valence-corrected chi connectivity index (χ3v) is 6.66. The molecule has 0 aliphatic carbocycles. The van der Waals surface area contributed by atoms with Crippen LogP contribution in [0.3, 0.4) is 0 Å². The zero-order valence-electron chi connectivity index (χ0n) is 18.7. The summed E-state index contributed by atoms with van der Waals surface area (Å²) in [5, 5.41) is 15.8. The fraction of sp³-hybridized carbons (Fsp3) is 0.154. The predicted octanol–water partition coefficient (Wildman–Crippen LogP) is 5.04. The molecule has 0 bridgehead atoms. The summed E-state index contributed by atoms with van der Waals surface area (Å²) in [6.45, 7) is 1.83. The summed E-state index contributed by atoms with van der Waals surface area (Å²) in [4.78, 5) is 18.1. The Hall–Kier alpha value is -3.98. The summed E-state index contributed by atoms with van der Waals surface area (Å²) in [7, 11) is 0. The molecule has 6 nitrogen and oxygen atoms in total. The van der Waals surface area contributed by atoms with Crippen LogP contribution in [0.25, 0.3) is 21.2 Å². The van der Waals surface area contributed by atoms with Gasteiger partial charge in [0.15, 0.2) is 11.6 Å². The van der Waals surface area contributed by atoms with Gasteiger partial charge in [0.2, 0.25) is 0 Å². The van der Waals surface area contributed by atoms with Crippen molar-refractivity contribution in [3.05, 3.63) is 105 Å². The Kier molecular flexibility index (Phi) is 6.08. The molecule has 0 saturated heterocycles. The predicted molar refractivity (Wildman–Crippen MR) is 131 cm³/mol. The normalized spacial score (nSPS) is 11.3. The van der Waals surface area contributed by atoms with Crippen molar-refractivity contribution in [2.75, 3.05) is 0 Å². The summed E-state index contributed by atoms with van der Waals surface area (Å²) in [5.74, 6) is -1.70. The number of nitrogens with zero attached hydrogens (tertiary/aromatic N) is 4. The topological polar surface area (TPSA) is 80.9 Å². The molecule has 176 valence electrons. The molecule has 9 heteroatoms. The van der Waals surface area contributed by atoms with Crippen LogP contribution in [0.5, 0.6) is 5.75 Å². The largest absolute Gasteiger partial charge is 0.504 e. The summed E-state index contributed by atoms with van der Waals surface area (Å²) < 4.78 is 34.4. The molecule has 3 aromatic heterocycles. The Bertz CT molecular complexity index is 1610. The lowest BCUT2D eigenvalue weighted by Gasteiger charge is -2.16. The number of hydrogen-bond donors (Lipinski definition) is 1. The van der Waals surface area contributed by atoms with Crippen molar-refractivity contribution < 1.29 is 13.9 Å². The third-order valence-electron chi connectivity index (χ3n) is 5.90. The van der Waals surface area contributed by atoms with E-state index in [2.05, 4.69) is 14.5 Å². The van der Waals surface area contributed by atoms with Crippen molar-refractivity contribution in [2.45, 2.75) is 26.3 Å². The molecule has 0 radical (unpaired) electrons. The van der Waals surface area contributed by atoms with E-state index in [1.807, 2.05) is 6.07 Å². The molecule has 0 unspecified atom stereocenters. The smallest absolute Gasteiger partial charge is 0.270 e. The summed E-state index contributed by atoms with van der Waals surface area (Å²) in [6.07, 6.45) is 4.00. The average Bonchev–Trinajstić information content (AvgIpc) is 3.32. The number of phenolic OH excluding ortho intramolecular Hbond substituents is 1. The molecule has 5 rings (SSSR count). The summed E-state index contributed by atoms with van der Waals surface area (Å²) >= 11 is 1.34. The Morgan fingerprint density at radius 3 is 2.74 bits per heavy atom. The molecule has 0 aliphatic heterocycles. The summed E-state index contributed by atoms with van der Waals surface area (Å²) in [6, 6.07) is 12.2. The minimum absolute atomic E-state index is 0.123. The van der Waals surface area contributed by atoms with E-state index in [1.54, 1.807) is 37.5 Å². The molecule has 0 saturated carbocycles. The van der Waals surface area contributed by atoms with Crippen LogP contribution in [-0.4, -0.2) is 24.2 Å². The van der Waals surface area contributed by atoms with E-state index in [4.69, 9.17) is 0 Å². The second-order valence-corrected chi connectivity index (χ2v) is 9.00. The van der Waals surface area contributed by atoms with Crippen molar-refractivity contribution in [3.8, 4) is 16.9 Å². The number of aromatic nitrogens is 4. The van der Waals surface area contributed by atoms with Crippen molar-refractivity contribution in [2.24, 2.45) is 0 Å². The Morgan fingerprint density at radius 2 is 1.91 bits per heavy atom.